The Morgan fingerprint density at radius 3 is 2.06 bits per heavy atom. The van der Waals surface area contributed by atoms with Crippen LogP contribution < -0.4 is 16.0 Å². The molecule has 3 N–H and O–H groups in total. The molecule has 3 rings (SSSR count). The molecule has 4 nitrogen and oxygen atoms in total. The highest BCUT2D eigenvalue weighted by atomic mass is 32.2. The molecule has 3 aromatic rings. The second-order valence-corrected chi connectivity index (χ2v) is 9.32. The minimum Gasteiger partial charge on any atom is -0.332 e. The van der Waals surface area contributed by atoms with E-state index < -0.39 is 0 Å². The second-order valence-electron chi connectivity index (χ2n) is 7.50. The van der Waals surface area contributed by atoms with Crippen molar-refractivity contribution in [2.45, 2.75) is 36.8 Å². The van der Waals surface area contributed by atoms with Gasteiger partial charge in [-0.15, -0.1) is 11.8 Å². The fourth-order valence-corrected chi connectivity index (χ4v) is 4.08. The third-order valence-corrected chi connectivity index (χ3v) is 5.95. The summed E-state index contributed by atoms with van der Waals surface area (Å²) in [6.45, 7) is 6.21. The fourth-order valence-electron chi connectivity index (χ4n) is 2.91. The van der Waals surface area contributed by atoms with Crippen LogP contribution in [0.5, 0.6) is 0 Å². The Morgan fingerprint density at radius 2 is 1.39 bits per heavy atom. The number of rotatable bonds is 7. The van der Waals surface area contributed by atoms with Crippen molar-refractivity contribution in [3.63, 3.8) is 0 Å². The molecule has 0 aliphatic rings. The molecule has 0 aliphatic heterocycles. The Morgan fingerprint density at radius 1 is 0.774 bits per heavy atom. The smallest absolute Gasteiger partial charge is 0.237 e. The van der Waals surface area contributed by atoms with Gasteiger partial charge in [0, 0.05) is 22.0 Å². The Hall–Kier alpha value is -2.83. The Labute approximate surface area is 193 Å². The zero-order valence-electron chi connectivity index (χ0n) is 17.9. The lowest BCUT2D eigenvalue weighted by Gasteiger charge is -2.14. The van der Waals surface area contributed by atoms with E-state index in [0.29, 0.717) is 11.0 Å². The van der Waals surface area contributed by atoms with Gasteiger partial charge in [0.25, 0.3) is 0 Å². The number of hydrogen-bond acceptors (Lipinski definition) is 3. The molecular formula is C25H27N3OS2. The molecule has 0 saturated carbocycles. The van der Waals surface area contributed by atoms with Crippen molar-refractivity contribution in [3.8, 4) is 0 Å². The van der Waals surface area contributed by atoms with Crippen LogP contribution >= 0.6 is 24.0 Å². The number of nitrogens with one attached hydrogen (secondary N) is 3. The Kier molecular flexibility index (Phi) is 8.09. The number of carbonyl (C=O) groups excluding carboxylic acids is 1. The van der Waals surface area contributed by atoms with E-state index in [1.165, 1.54) is 17.3 Å². The fraction of sp³-hybridized carbons (Fsp3) is 0.200. The van der Waals surface area contributed by atoms with Crippen LogP contribution in [0.25, 0.3) is 0 Å². The maximum Gasteiger partial charge on any atom is 0.237 e. The summed E-state index contributed by atoms with van der Waals surface area (Å²) in [5.74, 6) is 0.442. The number of anilines is 3. The first kappa shape index (κ1) is 22.8. The molecule has 0 aromatic heterocycles. The van der Waals surface area contributed by atoms with Crippen molar-refractivity contribution in [2.75, 3.05) is 16.0 Å². The molecule has 6 heteroatoms. The topological polar surface area (TPSA) is 53.2 Å². The molecule has 0 fully saturated rings. The van der Waals surface area contributed by atoms with Crippen molar-refractivity contribution in [1.82, 2.24) is 0 Å². The van der Waals surface area contributed by atoms with Gasteiger partial charge in [0.05, 0.1) is 5.25 Å². The molecule has 160 valence electrons. The van der Waals surface area contributed by atoms with Crippen LogP contribution in [0.3, 0.4) is 0 Å². The van der Waals surface area contributed by atoms with Crippen LogP contribution in [-0.4, -0.2) is 16.3 Å². The van der Waals surface area contributed by atoms with Gasteiger partial charge < -0.3 is 16.0 Å². The number of para-hydroxylation sites is 1. The van der Waals surface area contributed by atoms with Gasteiger partial charge in [0.15, 0.2) is 5.11 Å². The summed E-state index contributed by atoms with van der Waals surface area (Å²) in [7, 11) is 0. The zero-order chi connectivity index (χ0) is 22.2. The van der Waals surface area contributed by atoms with Gasteiger partial charge in [-0.2, -0.15) is 0 Å². The highest BCUT2D eigenvalue weighted by molar-refractivity contribution is 8.00. The number of hydrogen-bond donors (Lipinski definition) is 3. The van der Waals surface area contributed by atoms with Crippen LogP contribution in [0.1, 0.15) is 32.3 Å². The van der Waals surface area contributed by atoms with Crippen molar-refractivity contribution in [3.05, 3.63) is 84.4 Å². The molecular weight excluding hydrogens is 422 g/mol. The second kappa shape index (κ2) is 11.0. The van der Waals surface area contributed by atoms with Crippen molar-refractivity contribution < 1.29 is 4.79 Å². The number of thioether (sulfide) groups is 1. The number of carbonyl (C=O) groups is 1. The number of amides is 1. The van der Waals surface area contributed by atoms with Crippen LogP contribution in [0.4, 0.5) is 17.1 Å². The Bertz CT molecular complexity index is 1020. The normalized spacial score (nSPS) is 11.6. The van der Waals surface area contributed by atoms with Gasteiger partial charge in [-0.1, -0.05) is 50.2 Å². The minimum absolute atomic E-state index is 0.0260. The molecule has 1 amide bonds. The first-order valence-electron chi connectivity index (χ1n) is 10.2. The minimum atomic E-state index is -0.241. The molecule has 31 heavy (non-hydrogen) atoms. The number of benzene rings is 3. The van der Waals surface area contributed by atoms with E-state index in [1.54, 1.807) is 0 Å². The first-order valence-corrected chi connectivity index (χ1v) is 11.5. The summed E-state index contributed by atoms with van der Waals surface area (Å²) < 4.78 is 0. The SMILES string of the molecule is CC(Sc1cccc(NC(=S)Nc2ccccc2)c1)C(=O)Nc1ccc(C(C)C)cc1. The molecule has 0 aliphatic carbocycles. The van der Waals surface area contributed by atoms with E-state index >= 15 is 0 Å². The highest BCUT2D eigenvalue weighted by Crippen LogP contribution is 2.27. The van der Waals surface area contributed by atoms with E-state index in [1.807, 2.05) is 73.7 Å². The molecule has 0 spiro atoms. The van der Waals surface area contributed by atoms with Crippen LogP contribution in [-0.2, 0) is 4.79 Å². The molecule has 1 unspecified atom stereocenters. The first-order chi connectivity index (χ1) is 14.9. The highest BCUT2D eigenvalue weighted by Gasteiger charge is 2.15. The van der Waals surface area contributed by atoms with E-state index in [0.717, 1.165) is 22.0 Å². The molecule has 0 radical (unpaired) electrons. The van der Waals surface area contributed by atoms with Gasteiger partial charge >= 0.3 is 0 Å². The largest absolute Gasteiger partial charge is 0.332 e. The summed E-state index contributed by atoms with van der Waals surface area (Å²) in [4.78, 5) is 13.6. The summed E-state index contributed by atoms with van der Waals surface area (Å²) in [5.41, 5.74) is 3.87. The predicted octanol–water partition coefficient (Wildman–Crippen LogP) is 6.74. The molecule has 0 saturated heterocycles. The molecule has 0 heterocycles. The Balaban J connectivity index is 1.55. The number of thiocarbonyl (C=S) groups is 1. The van der Waals surface area contributed by atoms with E-state index in [2.05, 4.69) is 41.9 Å². The quantitative estimate of drug-likeness (QED) is 0.275. The van der Waals surface area contributed by atoms with Gasteiger partial charge in [0.2, 0.25) is 5.91 Å². The van der Waals surface area contributed by atoms with E-state index in [9.17, 15) is 4.79 Å². The summed E-state index contributed by atoms with van der Waals surface area (Å²) in [6, 6.07) is 25.7. The summed E-state index contributed by atoms with van der Waals surface area (Å²) in [6.07, 6.45) is 0. The molecule has 3 aromatic carbocycles. The summed E-state index contributed by atoms with van der Waals surface area (Å²) >= 11 is 6.90. The predicted molar refractivity (Wildman–Crippen MR) is 137 cm³/mol. The lowest BCUT2D eigenvalue weighted by molar-refractivity contribution is -0.115. The maximum absolute atomic E-state index is 12.6. The standard InChI is InChI=1S/C25H27N3OS2/c1-17(2)19-12-14-21(15-13-19)26-24(29)18(3)31-23-11-7-10-22(16-23)28-25(30)27-20-8-5-4-6-9-20/h4-18H,1-3H3,(H,26,29)(H2,27,28,30). The lowest BCUT2D eigenvalue weighted by atomic mass is 10.0. The van der Waals surface area contributed by atoms with E-state index in [4.69, 9.17) is 12.2 Å². The maximum atomic E-state index is 12.6. The average Bonchev–Trinajstić information content (AvgIpc) is 2.75. The van der Waals surface area contributed by atoms with Gasteiger partial charge in [0.1, 0.15) is 0 Å². The van der Waals surface area contributed by atoms with Gasteiger partial charge in [-0.25, -0.2) is 0 Å². The van der Waals surface area contributed by atoms with Crippen molar-refractivity contribution in [1.29, 1.82) is 0 Å². The van der Waals surface area contributed by atoms with Crippen molar-refractivity contribution in [2.24, 2.45) is 0 Å². The molecule has 1 atom stereocenters. The monoisotopic (exact) mass is 449 g/mol. The average molecular weight is 450 g/mol. The molecule has 0 bridgehead atoms. The van der Waals surface area contributed by atoms with Crippen LogP contribution in [0.2, 0.25) is 0 Å². The van der Waals surface area contributed by atoms with Crippen LogP contribution in [0, 0.1) is 0 Å². The summed E-state index contributed by atoms with van der Waals surface area (Å²) in [5, 5.41) is 9.62. The van der Waals surface area contributed by atoms with E-state index in [-0.39, 0.29) is 11.2 Å². The van der Waals surface area contributed by atoms with Crippen LogP contribution in [0.15, 0.2) is 83.8 Å². The van der Waals surface area contributed by atoms with Gasteiger partial charge in [-0.05, 0) is 73.1 Å². The van der Waals surface area contributed by atoms with Crippen molar-refractivity contribution >= 4 is 52.1 Å². The van der Waals surface area contributed by atoms with Gasteiger partial charge in [-0.3, -0.25) is 4.79 Å². The third-order valence-electron chi connectivity index (χ3n) is 4.65. The lowest BCUT2D eigenvalue weighted by Crippen LogP contribution is -2.22. The third kappa shape index (κ3) is 7.12. The zero-order valence-corrected chi connectivity index (χ0v) is 19.5.